The second-order valence-corrected chi connectivity index (χ2v) is 7.44. The van der Waals surface area contributed by atoms with Crippen LogP contribution >= 0.6 is 0 Å². The number of nitrogens with two attached hydrogens (primary N) is 1. The van der Waals surface area contributed by atoms with Crippen LogP contribution in [0.15, 0.2) is 59.3 Å². The van der Waals surface area contributed by atoms with Crippen molar-refractivity contribution in [2.45, 2.75) is 58.5 Å². The number of fused-ring (bicyclic) bond motifs is 1. The molecule has 144 valence electrons. The largest absolute Gasteiger partial charge is 0.382 e. The first kappa shape index (κ1) is 19.3. The fraction of sp³-hybridized carbons (Fsp3) is 0.435. The molecule has 0 spiro atoms. The van der Waals surface area contributed by atoms with E-state index in [9.17, 15) is 0 Å². The number of allylic oxidation sites excluding steroid dienone is 2. The highest BCUT2D eigenvalue weighted by Crippen LogP contribution is 2.25. The number of nitrogens with one attached hydrogen (secondary N) is 1. The Morgan fingerprint density at radius 3 is 2.89 bits per heavy atom. The zero-order valence-corrected chi connectivity index (χ0v) is 16.7. The van der Waals surface area contributed by atoms with Crippen LogP contribution in [0.3, 0.4) is 0 Å². The molecule has 0 radical (unpaired) electrons. The van der Waals surface area contributed by atoms with Crippen LogP contribution in [0.25, 0.3) is 5.70 Å². The lowest BCUT2D eigenvalue weighted by atomic mass is 10.0. The van der Waals surface area contributed by atoms with Crippen LogP contribution in [-0.4, -0.2) is 23.4 Å². The van der Waals surface area contributed by atoms with Gasteiger partial charge in [-0.1, -0.05) is 57.2 Å². The summed E-state index contributed by atoms with van der Waals surface area (Å²) in [6, 6.07) is 9.06. The van der Waals surface area contributed by atoms with Crippen molar-refractivity contribution in [1.29, 1.82) is 0 Å². The lowest BCUT2D eigenvalue weighted by molar-refractivity contribution is 0.431. The monoisotopic (exact) mass is 364 g/mol. The Kier molecular flexibility index (Phi) is 6.38. The van der Waals surface area contributed by atoms with E-state index in [1.54, 1.807) is 0 Å². The summed E-state index contributed by atoms with van der Waals surface area (Å²) in [7, 11) is 0. The summed E-state index contributed by atoms with van der Waals surface area (Å²) in [6.07, 6.45) is 10.1. The molecule has 4 nitrogen and oxygen atoms in total. The number of benzene rings is 1. The molecule has 1 aromatic rings. The van der Waals surface area contributed by atoms with E-state index < -0.39 is 0 Å². The van der Waals surface area contributed by atoms with Gasteiger partial charge in [0.25, 0.3) is 0 Å². The van der Waals surface area contributed by atoms with Crippen LogP contribution < -0.4 is 11.1 Å². The third kappa shape index (κ3) is 4.82. The molecule has 1 heterocycles. The summed E-state index contributed by atoms with van der Waals surface area (Å²) < 4.78 is 0. The molecule has 1 unspecified atom stereocenters. The highest BCUT2D eigenvalue weighted by molar-refractivity contribution is 5.82. The maximum atomic E-state index is 6.23. The first-order valence-electron chi connectivity index (χ1n) is 10.1. The summed E-state index contributed by atoms with van der Waals surface area (Å²) >= 11 is 0. The zero-order chi connectivity index (χ0) is 19.2. The van der Waals surface area contributed by atoms with Crippen molar-refractivity contribution >= 4 is 11.7 Å². The molecule has 0 bridgehead atoms. The third-order valence-electron chi connectivity index (χ3n) is 5.30. The summed E-state index contributed by atoms with van der Waals surface area (Å²) in [6.45, 7) is 10.3. The Hall–Kier alpha value is -2.49. The summed E-state index contributed by atoms with van der Waals surface area (Å²) in [5.41, 5.74) is 11.9. The van der Waals surface area contributed by atoms with Crippen LogP contribution in [0.1, 0.15) is 57.1 Å². The molecule has 3 rings (SSSR count). The highest BCUT2D eigenvalue weighted by atomic mass is 15.3. The van der Waals surface area contributed by atoms with Gasteiger partial charge in [-0.15, -0.1) is 0 Å². The second kappa shape index (κ2) is 8.94. The van der Waals surface area contributed by atoms with Gasteiger partial charge in [-0.05, 0) is 48.4 Å². The summed E-state index contributed by atoms with van der Waals surface area (Å²) in [5.74, 6) is 0.608. The van der Waals surface area contributed by atoms with Crippen molar-refractivity contribution in [2.75, 3.05) is 6.54 Å². The lowest BCUT2D eigenvalue weighted by Gasteiger charge is -2.31. The van der Waals surface area contributed by atoms with Crippen molar-refractivity contribution in [2.24, 2.45) is 10.7 Å². The Morgan fingerprint density at radius 1 is 1.30 bits per heavy atom. The Labute approximate surface area is 163 Å². The van der Waals surface area contributed by atoms with Crippen molar-refractivity contribution in [3.05, 3.63) is 65.4 Å². The molecule has 1 aliphatic carbocycles. The minimum Gasteiger partial charge on any atom is -0.382 e. The summed E-state index contributed by atoms with van der Waals surface area (Å²) in [4.78, 5) is 6.74. The first-order valence-corrected chi connectivity index (χ1v) is 10.1. The predicted octanol–water partition coefficient (Wildman–Crippen LogP) is 4.56. The Balaban J connectivity index is 1.70. The quantitative estimate of drug-likeness (QED) is 0.711. The van der Waals surface area contributed by atoms with E-state index in [1.807, 2.05) is 0 Å². The second-order valence-electron chi connectivity index (χ2n) is 7.44. The number of hydrogen-bond acceptors (Lipinski definition) is 4. The van der Waals surface area contributed by atoms with E-state index in [1.165, 1.54) is 24.0 Å². The molecule has 0 saturated heterocycles. The standard InChI is InChI=1S/C23H32N4/c1-4-9-21(5-2)25-17(3)19-12-8-10-18(14-19)15-27-16-20-11-6-7-13-22(20)26-23(27)24/h8,10-14,21,25H,3-7,9,15-16H2,1-2H3,(H2,24,26). The molecule has 2 aliphatic rings. The molecule has 0 saturated carbocycles. The predicted molar refractivity (Wildman–Crippen MR) is 115 cm³/mol. The Morgan fingerprint density at radius 2 is 2.11 bits per heavy atom. The van der Waals surface area contributed by atoms with Crippen molar-refractivity contribution in [3.8, 4) is 0 Å². The molecule has 27 heavy (non-hydrogen) atoms. The lowest BCUT2D eigenvalue weighted by Crippen LogP contribution is -2.41. The third-order valence-corrected chi connectivity index (χ3v) is 5.30. The van der Waals surface area contributed by atoms with E-state index in [-0.39, 0.29) is 0 Å². The van der Waals surface area contributed by atoms with E-state index in [4.69, 9.17) is 5.73 Å². The first-order chi connectivity index (χ1) is 13.1. The fourth-order valence-corrected chi connectivity index (χ4v) is 3.73. The van der Waals surface area contributed by atoms with Crippen molar-refractivity contribution in [1.82, 2.24) is 10.2 Å². The zero-order valence-electron chi connectivity index (χ0n) is 16.7. The number of guanidine groups is 1. The van der Waals surface area contributed by atoms with Gasteiger partial charge in [-0.25, -0.2) is 4.99 Å². The topological polar surface area (TPSA) is 53.6 Å². The fourth-order valence-electron chi connectivity index (χ4n) is 3.73. The molecule has 0 aromatic heterocycles. The number of rotatable bonds is 8. The van der Waals surface area contributed by atoms with Gasteiger partial charge >= 0.3 is 0 Å². The molecule has 1 aliphatic heterocycles. The van der Waals surface area contributed by atoms with E-state index in [2.05, 4.69) is 72.1 Å². The van der Waals surface area contributed by atoms with E-state index in [0.29, 0.717) is 12.0 Å². The van der Waals surface area contributed by atoms with Crippen molar-refractivity contribution < 1.29 is 0 Å². The smallest absolute Gasteiger partial charge is 0.197 e. The minimum atomic E-state index is 0.486. The van der Waals surface area contributed by atoms with Crippen molar-refractivity contribution in [3.63, 3.8) is 0 Å². The van der Waals surface area contributed by atoms with E-state index in [0.717, 1.165) is 49.3 Å². The van der Waals surface area contributed by atoms with Gasteiger partial charge in [0.1, 0.15) is 0 Å². The van der Waals surface area contributed by atoms with Gasteiger partial charge in [-0.3, -0.25) is 0 Å². The molecule has 1 atom stereocenters. The van der Waals surface area contributed by atoms with Gasteiger partial charge < -0.3 is 16.0 Å². The molecular weight excluding hydrogens is 332 g/mol. The van der Waals surface area contributed by atoms with Crippen LogP contribution in [0.4, 0.5) is 0 Å². The average molecular weight is 365 g/mol. The molecule has 4 heteroatoms. The van der Waals surface area contributed by atoms with Crippen LogP contribution in [0.2, 0.25) is 0 Å². The summed E-state index contributed by atoms with van der Waals surface area (Å²) in [5, 5.41) is 3.59. The number of nitrogens with zero attached hydrogens (tertiary/aromatic N) is 2. The minimum absolute atomic E-state index is 0.486. The molecular formula is C23H32N4. The number of aliphatic imine (C=N–C) groups is 1. The van der Waals surface area contributed by atoms with Crippen LogP contribution in [0, 0.1) is 0 Å². The number of hydrogen-bond donors (Lipinski definition) is 2. The van der Waals surface area contributed by atoms with Crippen LogP contribution in [0.5, 0.6) is 0 Å². The van der Waals surface area contributed by atoms with Gasteiger partial charge in [-0.2, -0.15) is 0 Å². The molecule has 1 aromatic carbocycles. The van der Waals surface area contributed by atoms with Gasteiger partial charge in [0.2, 0.25) is 0 Å². The van der Waals surface area contributed by atoms with Crippen LogP contribution in [-0.2, 0) is 6.54 Å². The van der Waals surface area contributed by atoms with Gasteiger partial charge in [0, 0.05) is 24.8 Å². The molecule has 0 fully saturated rings. The molecule has 3 N–H and O–H groups in total. The molecule has 0 amide bonds. The Bertz CT molecular complexity index is 772. The highest BCUT2D eigenvalue weighted by Gasteiger charge is 2.21. The normalized spacial score (nSPS) is 17.4. The van der Waals surface area contributed by atoms with Gasteiger partial charge in [0.05, 0.1) is 5.70 Å². The SMILES string of the molecule is C=C(NC(CC)CCC)c1cccc(CN2CC3=CCCC=C3N=C2N)c1. The average Bonchev–Trinajstić information content (AvgIpc) is 2.68. The maximum Gasteiger partial charge on any atom is 0.197 e. The van der Waals surface area contributed by atoms with Gasteiger partial charge in [0.15, 0.2) is 5.96 Å². The maximum absolute atomic E-state index is 6.23. The van der Waals surface area contributed by atoms with E-state index >= 15 is 0 Å².